The van der Waals surface area contributed by atoms with E-state index in [1.165, 1.54) is 0 Å². The molecule has 9 heteroatoms. The molecule has 0 atom stereocenters. The molecule has 2 aromatic carbocycles. The molecule has 1 spiro atoms. The van der Waals surface area contributed by atoms with Gasteiger partial charge in [-0.3, -0.25) is 9.59 Å². The number of para-hydroxylation sites is 1. The van der Waals surface area contributed by atoms with E-state index in [4.69, 9.17) is 23.4 Å². The molecule has 2 fully saturated rings. The fraction of sp³-hybridized carbons (Fsp3) is 0.419. The van der Waals surface area contributed by atoms with Crippen LogP contribution < -0.4 is 18.9 Å². The molecule has 0 aliphatic carbocycles. The van der Waals surface area contributed by atoms with Crippen molar-refractivity contribution >= 4 is 28.9 Å². The fourth-order valence-electron chi connectivity index (χ4n) is 5.87. The maximum absolute atomic E-state index is 13.4. The van der Waals surface area contributed by atoms with Gasteiger partial charge in [-0.15, -0.1) is 0 Å². The Balaban J connectivity index is 1.24. The van der Waals surface area contributed by atoms with Crippen molar-refractivity contribution in [3.8, 4) is 23.0 Å². The molecule has 212 valence electrons. The Morgan fingerprint density at radius 2 is 1.45 bits per heavy atom. The van der Waals surface area contributed by atoms with E-state index in [9.17, 15) is 9.59 Å². The summed E-state index contributed by atoms with van der Waals surface area (Å²) in [5, 5.41) is 0.843. The second kappa shape index (κ2) is 11.2. The van der Waals surface area contributed by atoms with Crippen LogP contribution in [0.25, 0.3) is 17.0 Å². The lowest BCUT2D eigenvalue weighted by atomic mass is 9.77. The molecule has 0 radical (unpaired) electrons. The predicted molar refractivity (Wildman–Crippen MR) is 151 cm³/mol. The van der Waals surface area contributed by atoms with Crippen LogP contribution in [0.4, 0.5) is 0 Å². The molecule has 0 saturated carbocycles. The van der Waals surface area contributed by atoms with Crippen LogP contribution in [0.1, 0.15) is 42.3 Å². The van der Waals surface area contributed by atoms with Gasteiger partial charge < -0.3 is 33.2 Å². The fourth-order valence-corrected chi connectivity index (χ4v) is 5.87. The van der Waals surface area contributed by atoms with Crippen molar-refractivity contribution in [2.75, 3.05) is 54.6 Å². The Kier molecular flexibility index (Phi) is 7.65. The third kappa shape index (κ3) is 5.08. The second-order valence-corrected chi connectivity index (χ2v) is 10.5. The van der Waals surface area contributed by atoms with E-state index in [-0.39, 0.29) is 17.2 Å². The quantitative estimate of drug-likeness (QED) is 0.383. The van der Waals surface area contributed by atoms with Gasteiger partial charge in [-0.05, 0) is 55.9 Å². The first kappa shape index (κ1) is 27.4. The highest BCUT2D eigenvalue weighted by Crippen LogP contribution is 2.42. The zero-order valence-corrected chi connectivity index (χ0v) is 23.7. The number of carbonyl (C=O) groups is 2. The minimum absolute atomic E-state index is 0.00319. The Labute approximate surface area is 234 Å². The smallest absolute Gasteiger partial charge is 0.289 e. The summed E-state index contributed by atoms with van der Waals surface area (Å²) in [6.45, 7) is 4.47. The number of rotatable bonds is 7. The molecule has 2 saturated heterocycles. The average molecular weight is 549 g/mol. The average Bonchev–Trinajstić information content (AvgIpc) is 3.61. The van der Waals surface area contributed by atoms with E-state index in [1.807, 2.05) is 47.1 Å². The minimum Gasteiger partial charge on any atom is -0.496 e. The Morgan fingerprint density at radius 3 is 2.10 bits per heavy atom. The van der Waals surface area contributed by atoms with E-state index in [0.717, 1.165) is 30.2 Å². The number of hydrogen-bond donors (Lipinski definition) is 0. The second-order valence-electron chi connectivity index (χ2n) is 10.5. The van der Waals surface area contributed by atoms with Crippen molar-refractivity contribution in [3.05, 3.63) is 53.3 Å². The molecule has 1 aromatic heterocycles. The van der Waals surface area contributed by atoms with Crippen molar-refractivity contribution in [3.63, 3.8) is 0 Å². The molecule has 2 aliphatic heterocycles. The number of furan rings is 1. The number of amides is 2. The normalized spacial score (nSPS) is 16.9. The first-order valence-electron chi connectivity index (χ1n) is 13.4. The monoisotopic (exact) mass is 548 g/mol. The van der Waals surface area contributed by atoms with Crippen LogP contribution in [0.5, 0.6) is 23.0 Å². The predicted octanol–water partition coefficient (Wildman–Crippen LogP) is 5.03. The van der Waals surface area contributed by atoms with Gasteiger partial charge in [0.15, 0.2) is 28.6 Å². The number of nitrogens with zero attached hydrogens (tertiary/aromatic N) is 2. The van der Waals surface area contributed by atoms with Gasteiger partial charge >= 0.3 is 0 Å². The molecular formula is C31H36N2O7. The van der Waals surface area contributed by atoms with Gasteiger partial charge in [0.05, 0.1) is 28.4 Å². The van der Waals surface area contributed by atoms with E-state index < -0.39 is 0 Å². The van der Waals surface area contributed by atoms with Crippen LogP contribution in [0.15, 0.2) is 46.4 Å². The molecule has 0 bridgehead atoms. The van der Waals surface area contributed by atoms with Crippen molar-refractivity contribution in [2.24, 2.45) is 5.41 Å². The van der Waals surface area contributed by atoms with Gasteiger partial charge in [-0.1, -0.05) is 12.1 Å². The summed E-state index contributed by atoms with van der Waals surface area (Å²) >= 11 is 0. The van der Waals surface area contributed by atoms with Gasteiger partial charge in [-0.2, -0.15) is 0 Å². The van der Waals surface area contributed by atoms with Gasteiger partial charge in [-0.25, -0.2) is 0 Å². The number of likely N-dealkylation sites (tertiary alicyclic amines) is 2. The van der Waals surface area contributed by atoms with Crippen LogP contribution >= 0.6 is 0 Å². The summed E-state index contributed by atoms with van der Waals surface area (Å²) < 4.78 is 27.6. The summed E-state index contributed by atoms with van der Waals surface area (Å²) in [5.74, 6) is 2.56. The van der Waals surface area contributed by atoms with Gasteiger partial charge in [0.1, 0.15) is 5.75 Å². The van der Waals surface area contributed by atoms with Gasteiger partial charge in [0.2, 0.25) is 5.91 Å². The highest BCUT2D eigenvalue weighted by Gasteiger charge is 2.43. The van der Waals surface area contributed by atoms with E-state index >= 15 is 0 Å². The standard InChI is InChI=1S/C31H36N2O7/c1-20(15-22-17-25(38-4)26(39-5)18-24(22)37-3)29(34)33-14-11-31(19-33)9-12-32(13-10-31)30(35)27-16-21-7-6-8-23(36-2)28(21)40-27/h6-8,15-18H,9-14,19H2,1-5H3/b20-15+. The number of piperidine rings is 1. The lowest BCUT2D eigenvalue weighted by Gasteiger charge is -2.39. The van der Waals surface area contributed by atoms with Crippen LogP contribution in [0.2, 0.25) is 0 Å². The SMILES string of the molecule is COc1cc(OC)c(OC)cc1/C=C(\C)C(=O)N1CCC2(CCN(C(=O)c3cc4cccc(OC)c4o3)CC2)C1. The summed E-state index contributed by atoms with van der Waals surface area (Å²) in [6, 6.07) is 11.0. The Bertz CT molecular complexity index is 1450. The van der Waals surface area contributed by atoms with Crippen molar-refractivity contribution < 1.29 is 33.0 Å². The maximum atomic E-state index is 13.4. The number of benzene rings is 2. The molecule has 0 N–H and O–H groups in total. The van der Waals surface area contributed by atoms with Crippen LogP contribution in [0, 0.1) is 5.41 Å². The van der Waals surface area contributed by atoms with Gasteiger partial charge in [0, 0.05) is 48.8 Å². The van der Waals surface area contributed by atoms with Crippen LogP contribution in [-0.2, 0) is 4.79 Å². The van der Waals surface area contributed by atoms with Gasteiger partial charge in [0.25, 0.3) is 5.91 Å². The molecular weight excluding hydrogens is 512 g/mol. The first-order chi connectivity index (χ1) is 19.3. The lowest BCUT2D eigenvalue weighted by molar-refractivity contribution is -0.126. The summed E-state index contributed by atoms with van der Waals surface area (Å²) in [4.78, 5) is 30.4. The Morgan fingerprint density at radius 1 is 0.825 bits per heavy atom. The molecule has 0 unspecified atom stereocenters. The maximum Gasteiger partial charge on any atom is 0.289 e. The summed E-state index contributed by atoms with van der Waals surface area (Å²) in [6.07, 6.45) is 4.45. The molecule has 5 rings (SSSR count). The molecule has 40 heavy (non-hydrogen) atoms. The summed E-state index contributed by atoms with van der Waals surface area (Å²) in [7, 11) is 6.32. The topological polar surface area (TPSA) is 90.7 Å². The Hall–Kier alpha value is -4.14. The van der Waals surface area contributed by atoms with E-state index in [1.54, 1.807) is 40.6 Å². The van der Waals surface area contributed by atoms with Crippen molar-refractivity contribution in [1.82, 2.24) is 9.80 Å². The van der Waals surface area contributed by atoms with Crippen molar-refractivity contribution in [2.45, 2.75) is 26.2 Å². The van der Waals surface area contributed by atoms with E-state index in [2.05, 4.69) is 0 Å². The summed E-state index contributed by atoms with van der Waals surface area (Å²) in [5.41, 5.74) is 1.97. The number of methoxy groups -OCH3 is 4. The third-order valence-electron chi connectivity index (χ3n) is 8.22. The number of ether oxygens (including phenoxy) is 4. The zero-order chi connectivity index (χ0) is 28.4. The van der Waals surface area contributed by atoms with Crippen molar-refractivity contribution in [1.29, 1.82) is 0 Å². The largest absolute Gasteiger partial charge is 0.496 e. The number of fused-ring (bicyclic) bond motifs is 1. The third-order valence-corrected chi connectivity index (χ3v) is 8.22. The minimum atomic E-state index is -0.110. The van der Waals surface area contributed by atoms with Crippen LogP contribution in [-0.4, -0.2) is 76.2 Å². The lowest BCUT2D eigenvalue weighted by Crippen LogP contribution is -2.44. The molecule has 3 heterocycles. The molecule has 9 nitrogen and oxygen atoms in total. The number of carbonyl (C=O) groups excluding carboxylic acids is 2. The van der Waals surface area contributed by atoms with E-state index in [0.29, 0.717) is 66.1 Å². The molecule has 3 aromatic rings. The first-order valence-corrected chi connectivity index (χ1v) is 13.4. The highest BCUT2D eigenvalue weighted by molar-refractivity contribution is 5.98. The molecule has 2 aliphatic rings. The zero-order valence-electron chi connectivity index (χ0n) is 23.7. The number of hydrogen-bond acceptors (Lipinski definition) is 7. The highest BCUT2D eigenvalue weighted by atomic mass is 16.5. The van der Waals surface area contributed by atoms with Crippen LogP contribution in [0.3, 0.4) is 0 Å². The molecule has 2 amide bonds.